The molecule has 0 saturated carbocycles. The van der Waals surface area contributed by atoms with Crippen LogP contribution in [0.1, 0.15) is 26.1 Å². The van der Waals surface area contributed by atoms with Crippen molar-refractivity contribution in [3.8, 4) is 0 Å². The first kappa shape index (κ1) is 12.3. The fourth-order valence-corrected chi connectivity index (χ4v) is 2.33. The summed E-state index contributed by atoms with van der Waals surface area (Å²) in [5.74, 6) is 3.60. The van der Waals surface area contributed by atoms with Crippen molar-refractivity contribution in [2.75, 3.05) is 18.1 Å². The van der Waals surface area contributed by atoms with E-state index >= 15 is 0 Å². The molecule has 0 unspecified atom stereocenters. The molecule has 3 nitrogen and oxygen atoms in total. The lowest BCUT2D eigenvalue weighted by atomic mass is 10.2. The zero-order valence-electron chi connectivity index (χ0n) is 9.87. The van der Waals surface area contributed by atoms with E-state index in [1.165, 1.54) is 6.42 Å². The van der Waals surface area contributed by atoms with Crippen LogP contribution in [0.25, 0.3) is 0 Å². The van der Waals surface area contributed by atoms with E-state index in [0.717, 1.165) is 28.3 Å². The Bertz CT molecular complexity index is 313. The molecule has 0 aliphatic carbocycles. The van der Waals surface area contributed by atoms with Crippen LogP contribution in [-0.2, 0) is 0 Å². The molecule has 0 spiro atoms. The van der Waals surface area contributed by atoms with Crippen LogP contribution < -0.4 is 5.32 Å². The lowest BCUT2D eigenvalue weighted by Gasteiger charge is -2.06. The van der Waals surface area contributed by atoms with Crippen molar-refractivity contribution >= 4 is 17.6 Å². The molecule has 0 radical (unpaired) electrons. The first-order valence-corrected chi connectivity index (χ1v) is 6.26. The van der Waals surface area contributed by atoms with E-state index in [1.807, 2.05) is 20.0 Å². The van der Waals surface area contributed by atoms with Crippen LogP contribution in [0, 0.1) is 12.8 Å². The zero-order valence-corrected chi connectivity index (χ0v) is 10.7. The van der Waals surface area contributed by atoms with Crippen LogP contribution in [-0.4, -0.2) is 22.8 Å². The molecular formula is C11H19N3S. The summed E-state index contributed by atoms with van der Waals surface area (Å²) in [6.45, 7) is 6.41. The third-order valence-electron chi connectivity index (χ3n) is 2.02. The summed E-state index contributed by atoms with van der Waals surface area (Å²) in [4.78, 5) is 8.65. The molecule has 0 fully saturated rings. The summed E-state index contributed by atoms with van der Waals surface area (Å²) in [6, 6.07) is 2.00. The molecular weight excluding hydrogens is 206 g/mol. The second-order valence-corrected chi connectivity index (χ2v) is 5.03. The fourth-order valence-electron chi connectivity index (χ4n) is 1.14. The molecule has 1 N–H and O–H groups in total. The van der Waals surface area contributed by atoms with Crippen LogP contribution in [0.2, 0.25) is 0 Å². The van der Waals surface area contributed by atoms with Gasteiger partial charge >= 0.3 is 0 Å². The summed E-state index contributed by atoms with van der Waals surface area (Å²) in [5, 5.41) is 4.11. The van der Waals surface area contributed by atoms with Crippen LogP contribution in [0.4, 0.5) is 5.82 Å². The van der Waals surface area contributed by atoms with Gasteiger partial charge in [0.05, 0.1) is 0 Å². The van der Waals surface area contributed by atoms with Gasteiger partial charge in [-0.3, -0.25) is 0 Å². The predicted molar refractivity (Wildman–Crippen MR) is 66.5 cm³/mol. The Hall–Kier alpha value is -0.770. The Labute approximate surface area is 96.1 Å². The van der Waals surface area contributed by atoms with E-state index in [2.05, 4.69) is 29.1 Å². The average Bonchev–Trinajstić information content (AvgIpc) is 2.16. The number of anilines is 1. The lowest BCUT2D eigenvalue weighted by Crippen LogP contribution is -1.98. The van der Waals surface area contributed by atoms with Crippen molar-refractivity contribution in [3.05, 3.63) is 11.9 Å². The molecule has 0 saturated heterocycles. The van der Waals surface area contributed by atoms with Gasteiger partial charge in [-0.2, -0.15) is 0 Å². The van der Waals surface area contributed by atoms with Gasteiger partial charge in [0.2, 0.25) is 0 Å². The summed E-state index contributed by atoms with van der Waals surface area (Å²) in [5.41, 5.74) is 0. The fraction of sp³-hybridized carbons (Fsp3) is 0.636. The smallest absolute Gasteiger partial charge is 0.130 e. The monoisotopic (exact) mass is 225 g/mol. The van der Waals surface area contributed by atoms with Crippen molar-refractivity contribution in [1.29, 1.82) is 0 Å². The van der Waals surface area contributed by atoms with Gasteiger partial charge < -0.3 is 5.32 Å². The standard InChI is InChI=1S/C11H19N3S/c1-8(2)5-6-15-11-7-10(12-4)13-9(3)14-11/h7-8H,5-6H2,1-4H3,(H,12,13,14). The van der Waals surface area contributed by atoms with Crippen LogP contribution in [0.3, 0.4) is 0 Å². The molecule has 4 heteroatoms. The minimum atomic E-state index is 0.754. The van der Waals surface area contributed by atoms with Crippen molar-refractivity contribution in [1.82, 2.24) is 9.97 Å². The Morgan fingerprint density at radius 3 is 2.73 bits per heavy atom. The highest BCUT2D eigenvalue weighted by Crippen LogP contribution is 2.20. The third-order valence-corrected chi connectivity index (χ3v) is 2.96. The maximum Gasteiger partial charge on any atom is 0.130 e. The van der Waals surface area contributed by atoms with Gasteiger partial charge in [0.25, 0.3) is 0 Å². The number of nitrogens with one attached hydrogen (secondary N) is 1. The lowest BCUT2D eigenvalue weighted by molar-refractivity contribution is 0.632. The van der Waals surface area contributed by atoms with Gasteiger partial charge in [-0.15, -0.1) is 11.8 Å². The molecule has 84 valence electrons. The SMILES string of the molecule is CNc1cc(SCCC(C)C)nc(C)n1. The van der Waals surface area contributed by atoms with Gasteiger partial charge in [0.15, 0.2) is 0 Å². The second-order valence-electron chi connectivity index (χ2n) is 3.92. The van der Waals surface area contributed by atoms with Gasteiger partial charge in [0, 0.05) is 13.1 Å². The second kappa shape index (κ2) is 5.95. The highest BCUT2D eigenvalue weighted by atomic mass is 32.2. The number of rotatable bonds is 5. The Morgan fingerprint density at radius 2 is 2.13 bits per heavy atom. The first-order chi connectivity index (χ1) is 7.11. The molecule has 1 heterocycles. The highest BCUT2D eigenvalue weighted by molar-refractivity contribution is 7.99. The molecule has 1 aromatic rings. The maximum atomic E-state index is 4.39. The molecule has 0 aliphatic rings. The van der Waals surface area contributed by atoms with Gasteiger partial charge in [-0.25, -0.2) is 9.97 Å². The highest BCUT2D eigenvalue weighted by Gasteiger charge is 2.02. The van der Waals surface area contributed by atoms with E-state index in [9.17, 15) is 0 Å². The van der Waals surface area contributed by atoms with Gasteiger partial charge in [-0.05, 0) is 25.0 Å². The average molecular weight is 225 g/mol. The molecule has 1 aromatic heterocycles. The molecule has 0 aromatic carbocycles. The van der Waals surface area contributed by atoms with Crippen molar-refractivity contribution in [3.63, 3.8) is 0 Å². The van der Waals surface area contributed by atoms with Crippen LogP contribution in [0.5, 0.6) is 0 Å². The van der Waals surface area contributed by atoms with E-state index < -0.39 is 0 Å². The minimum Gasteiger partial charge on any atom is -0.373 e. The number of thioether (sulfide) groups is 1. The van der Waals surface area contributed by atoms with Crippen LogP contribution in [0.15, 0.2) is 11.1 Å². The van der Waals surface area contributed by atoms with Crippen molar-refractivity contribution in [2.24, 2.45) is 5.92 Å². The summed E-state index contributed by atoms with van der Waals surface area (Å²) >= 11 is 1.80. The van der Waals surface area contributed by atoms with Gasteiger partial charge in [0.1, 0.15) is 16.7 Å². The topological polar surface area (TPSA) is 37.8 Å². The van der Waals surface area contributed by atoms with E-state index in [-0.39, 0.29) is 0 Å². The molecule has 0 atom stereocenters. The number of hydrogen-bond acceptors (Lipinski definition) is 4. The molecule has 0 amide bonds. The largest absolute Gasteiger partial charge is 0.373 e. The summed E-state index contributed by atoms with van der Waals surface area (Å²) in [6.07, 6.45) is 1.22. The minimum absolute atomic E-state index is 0.754. The third kappa shape index (κ3) is 4.51. The number of aromatic nitrogens is 2. The normalized spacial score (nSPS) is 10.7. The number of nitrogens with zero attached hydrogens (tertiary/aromatic N) is 2. The number of aryl methyl sites for hydroxylation is 1. The van der Waals surface area contributed by atoms with E-state index in [1.54, 1.807) is 11.8 Å². The zero-order chi connectivity index (χ0) is 11.3. The summed E-state index contributed by atoms with van der Waals surface area (Å²) in [7, 11) is 1.88. The molecule has 15 heavy (non-hydrogen) atoms. The van der Waals surface area contributed by atoms with E-state index in [4.69, 9.17) is 0 Å². The first-order valence-electron chi connectivity index (χ1n) is 5.28. The Morgan fingerprint density at radius 1 is 1.40 bits per heavy atom. The molecule has 0 aliphatic heterocycles. The van der Waals surface area contributed by atoms with E-state index in [0.29, 0.717) is 0 Å². The summed E-state index contributed by atoms with van der Waals surface area (Å²) < 4.78 is 0. The van der Waals surface area contributed by atoms with Crippen molar-refractivity contribution in [2.45, 2.75) is 32.2 Å². The van der Waals surface area contributed by atoms with Crippen molar-refractivity contribution < 1.29 is 0 Å². The Kier molecular flexibility index (Phi) is 4.88. The molecule has 0 bridgehead atoms. The molecule has 1 rings (SSSR count). The predicted octanol–water partition coefficient (Wildman–Crippen LogP) is 2.96. The van der Waals surface area contributed by atoms with Crippen LogP contribution >= 0.6 is 11.8 Å². The Balaban J connectivity index is 2.56. The van der Waals surface area contributed by atoms with Gasteiger partial charge in [-0.1, -0.05) is 13.8 Å². The maximum absolute atomic E-state index is 4.39. The quantitative estimate of drug-likeness (QED) is 0.617. The number of hydrogen-bond donors (Lipinski definition) is 1.